The van der Waals surface area contributed by atoms with E-state index in [2.05, 4.69) is 25.5 Å². The zero-order valence-corrected chi connectivity index (χ0v) is 14.4. The van der Waals surface area contributed by atoms with E-state index in [0.717, 1.165) is 10.9 Å². The number of rotatable bonds is 4. The second kappa shape index (κ2) is 6.68. The van der Waals surface area contributed by atoms with Gasteiger partial charge in [0.05, 0.1) is 11.7 Å². The van der Waals surface area contributed by atoms with Crippen molar-refractivity contribution >= 4 is 22.6 Å². The predicted molar refractivity (Wildman–Crippen MR) is 97.3 cm³/mol. The lowest BCUT2D eigenvalue weighted by Gasteiger charge is -2.03. The van der Waals surface area contributed by atoms with Gasteiger partial charge in [-0.3, -0.25) is 19.1 Å². The van der Waals surface area contributed by atoms with Crippen molar-refractivity contribution < 1.29 is 4.79 Å². The summed E-state index contributed by atoms with van der Waals surface area (Å²) in [4.78, 5) is 20.5. The summed E-state index contributed by atoms with van der Waals surface area (Å²) in [5.41, 5.74) is 2.19. The number of nitrogens with zero attached hydrogens (tertiary/aromatic N) is 7. The number of carbonyl (C=O) groups excluding carboxylic acids is 1. The number of hydrogen-bond donors (Lipinski definition) is 1. The molecule has 9 heteroatoms. The summed E-state index contributed by atoms with van der Waals surface area (Å²) in [6.07, 6.45) is 6.17. The Morgan fingerprint density at radius 2 is 2.07 bits per heavy atom. The Labute approximate surface area is 153 Å². The Bertz CT molecular complexity index is 1180. The van der Waals surface area contributed by atoms with Gasteiger partial charge in [0.2, 0.25) is 5.91 Å². The minimum atomic E-state index is -0.256. The fourth-order valence-electron chi connectivity index (χ4n) is 2.83. The number of nitriles is 1. The summed E-state index contributed by atoms with van der Waals surface area (Å²) < 4.78 is 3.19. The second-order valence-corrected chi connectivity index (χ2v) is 5.83. The average Bonchev–Trinajstić information content (AvgIpc) is 3.27. The molecule has 0 saturated heterocycles. The van der Waals surface area contributed by atoms with Crippen LogP contribution in [0.2, 0.25) is 0 Å². The lowest BCUT2D eigenvalue weighted by Crippen LogP contribution is -2.19. The minimum Gasteiger partial charge on any atom is -0.307 e. The highest BCUT2D eigenvalue weighted by Crippen LogP contribution is 2.22. The smallest absolute Gasteiger partial charge is 0.247 e. The molecule has 0 atom stereocenters. The van der Waals surface area contributed by atoms with Gasteiger partial charge >= 0.3 is 0 Å². The normalized spacial score (nSPS) is 10.7. The zero-order valence-electron chi connectivity index (χ0n) is 14.4. The summed E-state index contributed by atoms with van der Waals surface area (Å²) in [6.45, 7) is 0.00699. The number of aromatic nitrogens is 6. The summed E-state index contributed by atoms with van der Waals surface area (Å²) in [6, 6.07) is 9.65. The molecular weight excluding hydrogens is 344 g/mol. The van der Waals surface area contributed by atoms with Crippen molar-refractivity contribution in [2.24, 2.45) is 7.05 Å². The largest absolute Gasteiger partial charge is 0.307 e. The van der Waals surface area contributed by atoms with Gasteiger partial charge in [-0.15, -0.1) is 0 Å². The average molecular weight is 358 g/mol. The van der Waals surface area contributed by atoms with Crippen LogP contribution < -0.4 is 5.32 Å². The van der Waals surface area contributed by atoms with Gasteiger partial charge in [0.1, 0.15) is 18.3 Å². The molecule has 132 valence electrons. The molecule has 0 unspecified atom stereocenters. The molecule has 0 aliphatic rings. The van der Waals surface area contributed by atoms with E-state index in [0.29, 0.717) is 17.1 Å². The summed E-state index contributed by atoms with van der Waals surface area (Å²) in [5.74, 6) is 0.249. The quantitative estimate of drug-likeness (QED) is 0.594. The number of amides is 1. The summed E-state index contributed by atoms with van der Waals surface area (Å²) in [7, 11) is 1.82. The number of para-hydroxylation sites is 1. The number of aryl methyl sites for hydroxylation is 1. The molecule has 0 aliphatic carbocycles. The number of carbonyl (C=O) groups is 1. The van der Waals surface area contributed by atoms with Crippen LogP contribution in [0.15, 0.2) is 49.1 Å². The van der Waals surface area contributed by atoms with Crippen molar-refractivity contribution in [2.75, 3.05) is 5.32 Å². The molecule has 1 amide bonds. The molecule has 1 aromatic carbocycles. The van der Waals surface area contributed by atoms with Crippen molar-refractivity contribution in [3.8, 4) is 17.3 Å². The molecule has 0 bridgehead atoms. The van der Waals surface area contributed by atoms with E-state index in [9.17, 15) is 4.79 Å². The number of fused-ring (bicyclic) bond motifs is 1. The van der Waals surface area contributed by atoms with Gasteiger partial charge in [0.25, 0.3) is 0 Å². The van der Waals surface area contributed by atoms with Gasteiger partial charge in [0.15, 0.2) is 11.5 Å². The van der Waals surface area contributed by atoms with Gasteiger partial charge < -0.3 is 5.32 Å². The molecule has 9 nitrogen and oxygen atoms in total. The molecule has 0 radical (unpaired) electrons. The molecule has 0 aliphatic heterocycles. The maximum atomic E-state index is 12.4. The monoisotopic (exact) mass is 358 g/mol. The lowest BCUT2D eigenvalue weighted by atomic mass is 10.2. The first-order valence-electron chi connectivity index (χ1n) is 8.11. The third-order valence-corrected chi connectivity index (χ3v) is 4.03. The Morgan fingerprint density at radius 1 is 1.26 bits per heavy atom. The van der Waals surface area contributed by atoms with E-state index in [1.165, 1.54) is 17.1 Å². The van der Waals surface area contributed by atoms with Crippen molar-refractivity contribution in [3.05, 3.63) is 54.7 Å². The Balaban J connectivity index is 1.52. The van der Waals surface area contributed by atoms with Crippen LogP contribution in [0.4, 0.5) is 5.82 Å². The van der Waals surface area contributed by atoms with Gasteiger partial charge in [-0.2, -0.15) is 15.5 Å². The highest BCUT2D eigenvalue weighted by molar-refractivity contribution is 5.99. The van der Waals surface area contributed by atoms with Crippen LogP contribution in [0, 0.1) is 11.3 Å². The number of nitrogens with one attached hydrogen (secondary N) is 1. The third kappa shape index (κ3) is 3.11. The SMILES string of the molecule is Cn1nc(NC(=O)Cn2cc(-c3nccnc3C#N)cn2)c2ccccc21. The molecule has 3 aromatic heterocycles. The van der Waals surface area contributed by atoms with Crippen LogP contribution in [0.25, 0.3) is 22.2 Å². The van der Waals surface area contributed by atoms with Crippen LogP contribution in [-0.4, -0.2) is 35.4 Å². The maximum Gasteiger partial charge on any atom is 0.247 e. The van der Waals surface area contributed by atoms with Crippen LogP contribution in [-0.2, 0) is 18.4 Å². The highest BCUT2D eigenvalue weighted by Gasteiger charge is 2.14. The fraction of sp³-hybridized carbons (Fsp3) is 0.111. The predicted octanol–water partition coefficient (Wildman–Crippen LogP) is 1.74. The van der Waals surface area contributed by atoms with Gasteiger partial charge in [-0.05, 0) is 12.1 Å². The molecule has 4 rings (SSSR count). The molecule has 27 heavy (non-hydrogen) atoms. The van der Waals surface area contributed by atoms with Crippen LogP contribution in [0.5, 0.6) is 0 Å². The first-order chi connectivity index (χ1) is 13.2. The van der Waals surface area contributed by atoms with Crippen LogP contribution in [0.1, 0.15) is 5.69 Å². The van der Waals surface area contributed by atoms with Crippen molar-refractivity contribution in [1.82, 2.24) is 29.5 Å². The fourth-order valence-corrected chi connectivity index (χ4v) is 2.83. The molecule has 3 heterocycles. The van der Waals surface area contributed by atoms with E-state index in [4.69, 9.17) is 5.26 Å². The van der Waals surface area contributed by atoms with E-state index < -0.39 is 0 Å². The topological polar surface area (TPSA) is 114 Å². The molecule has 1 N–H and O–H groups in total. The van der Waals surface area contributed by atoms with E-state index in [1.54, 1.807) is 17.1 Å². The number of hydrogen-bond acceptors (Lipinski definition) is 6. The molecular formula is C18H14N8O. The maximum absolute atomic E-state index is 12.4. The molecule has 4 aromatic rings. The first kappa shape index (κ1) is 16.4. The Hall–Kier alpha value is -4.06. The number of anilines is 1. The van der Waals surface area contributed by atoms with Crippen LogP contribution in [0.3, 0.4) is 0 Å². The molecule has 0 spiro atoms. The summed E-state index contributed by atoms with van der Waals surface area (Å²) >= 11 is 0. The first-order valence-corrected chi connectivity index (χ1v) is 8.11. The Morgan fingerprint density at radius 3 is 2.93 bits per heavy atom. The third-order valence-electron chi connectivity index (χ3n) is 4.03. The van der Waals surface area contributed by atoms with Crippen LogP contribution >= 0.6 is 0 Å². The van der Waals surface area contributed by atoms with Crippen molar-refractivity contribution in [2.45, 2.75) is 6.54 Å². The van der Waals surface area contributed by atoms with E-state index in [1.807, 2.05) is 37.4 Å². The van der Waals surface area contributed by atoms with E-state index in [-0.39, 0.29) is 18.1 Å². The summed E-state index contributed by atoms with van der Waals surface area (Å²) in [5, 5.41) is 21.3. The molecule has 0 fully saturated rings. The molecule has 0 saturated carbocycles. The van der Waals surface area contributed by atoms with Crippen molar-refractivity contribution in [3.63, 3.8) is 0 Å². The van der Waals surface area contributed by atoms with E-state index >= 15 is 0 Å². The minimum absolute atomic E-state index is 0.00699. The van der Waals surface area contributed by atoms with Gasteiger partial charge in [-0.25, -0.2) is 4.98 Å². The highest BCUT2D eigenvalue weighted by atomic mass is 16.2. The van der Waals surface area contributed by atoms with Crippen molar-refractivity contribution in [1.29, 1.82) is 5.26 Å². The van der Waals surface area contributed by atoms with Gasteiger partial charge in [-0.1, -0.05) is 12.1 Å². The van der Waals surface area contributed by atoms with Gasteiger partial charge in [0, 0.05) is 36.6 Å². The standard InChI is InChI=1S/C18H14N8O/c1-25-15-5-3-2-4-13(15)18(24-25)23-16(27)11-26-10-12(9-22-26)17-14(8-19)20-6-7-21-17/h2-7,9-10H,11H2,1H3,(H,23,24,27). The second-order valence-electron chi connectivity index (χ2n) is 5.83. The Kier molecular flexibility index (Phi) is 4.06. The lowest BCUT2D eigenvalue weighted by molar-refractivity contribution is -0.116. The zero-order chi connectivity index (χ0) is 18.8. The number of benzene rings is 1.